The van der Waals surface area contributed by atoms with E-state index in [1.165, 1.54) is 10.5 Å². The molecule has 0 spiro atoms. The van der Waals surface area contributed by atoms with Gasteiger partial charge in [-0.25, -0.2) is 0 Å². The number of thioether (sulfide) groups is 1. The zero-order valence-corrected chi connectivity index (χ0v) is 12.4. The number of carbonyl (C=O) groups is 1. The molecule has 2 nitrogen and oxygen atoms in total. The molecule has 1 fully saturated rings. The highest BCUT2D eigenvalue weighted by Crippen LogP contribution is 2.41. The maximum Gasteiger partial charge on any atom is 0.171 e. The Bertz CT molecular complexity index is 674. The molecule has 1 atom stereocenters. The van der Waals surface area contributed by atoms with Crippen LogP contribution in [0.1, 0.15) is 34.7 Å². The molecule has 2 aliphatic rings. The van der Waals surface area contributed by atoms with Crippen LogP contribution in [-0.4, -0.2) is 17.6 Å². The second kappa shape index (κ2) is 5.23. The fourth-order valence-electron chi connectivity index (χ4n) is 2.66. The van der Waals surface area contributed by atoms with Gasteiger partial charge in [0.25, 0.3) is 0 Å². The Morgan fingerprint density at radius 2 is 1.81 bits per heavy atom. The molecule has 2 aromatic carbocycles. The summed E-state index contributed by atoms with van der Waals surface area (Å²) >= 11 is 1.77. The molecular weight excluding hydrogens is 280 g/mol. The normalized spacial score (nSPS) is 20.1. The summed E-state index contributed by atoms with van der Waals surface area (Å²) in [5.74, 6) is 1.92. The van der Waals surface area contributed by atoms with Crippen LogP contribution in [0.2, 0.25) is 0 Å². The number of rotatable bonds is 4. The smallest absolute Gasteiger partial charge is 0.171 e. The van der Waals surface area contributed by atoms with Crippen molar-refractivity contribution in [2.75, 3.05) is 5.75 Å². The fourth-order valence-corrected chi connectivity index (χ4v) is 3.89. The molecule has 0 aromatic heterocycles. The van der Waals surface area contributed by atoms with E-state index in [0.717, 1.165) is 29.9 Å². The van der Waals surface area contributed by atoms with Crippen LogP contribution in [0, 0.1) is 0 Å². The van der Waals surface area contributed by atoms with Crippen LogP contribution in [0.5, 0.6) is 5.75 Å². The van der Waals surface area contributed by atoms with Gasteiger partial charge in [-0.2, -0.15) is 0 Å². The van der Waals surface area contributed by atoms with Crippen molar-refractivity contribution in [2.45, 2.75) is 29.8 Å². The van der Waals surface area contributed by atoms with Gasteiger partial charge in [0.1, 0.15) is 5.75 Å². The molecule has 1 heterocycles. The minimum Gasteiger partial charge on any atom is -0.490 e. The lowest BCUT2D eigenvalue weighted by molar-refractivity contribution is 0.0968. The maximum absolute atomic E-state index is 12.7. The number of benzene rings is 2. The minimum atomic E-state index is -0.0126. The van der Waals surface area contributed by atoms with Gasteiger partial charge in [-0.15, -0.1) is 11.8 Å². The van der Waals surface area contributed by atoms with Crippen molar-refractivity contribution in [3.8, 4) is 5.75 Å². The van der Waals surface area contributed by atoms with Gasteiger partial charge in [0.05, 0.1) is 12.0 Å². The Balaban J connectivity index is 1.54. The minimum absolute atomic E-state index is 0.0126. The quantitative estimate of drug-likeness (QED) is 0.787. The Labute approximate surface area is 128 Å². The molecule has 0 amide bonds. The highest BCUT2D eigenvalue weighted by molar-refractivity contribution is 7.99. The Morgan fingerprint density at radius 1 is 1.05 bits per heavy atom. The summed E-state index contributed by atoms with van der Waals surface area (Å²) in [6, 6.07) is 15.8. The van der Waals surface area contributed by atoms with Crippen molar-refractivity contribution in [1.29, 1.82) is 0 Å². The molecule has 2 aromatic rings. The lowest BCUT2D eigenvalue weighted by Gasteiger charge is -2.10. The van der Waals surface area contributed by atoms with Crippen LogP contribution in [0.4, 0.5) is 0 Å². The first-order valence-electron chi connectivity index (χ1n) is 7.34. The number of hydrogen-bond acceptors (Lipinski definition) is 3. The fraction of sp³-hybridized carbons (Fsp3) is 0.278. The van der Waals surface area contributed by atoms with Crippen molar-refractivity contribution in [3.63, 3.8) is 0 Å². The van der Waals surface area contributed by atoms with Gasteiger partial charge in [0.2, 0.25) is 0 Å². The van der Waals surface area contributed by atoms with Gasteiger partial charge in [0.15, 0.2) is 5.78 Å². The van der Waals surface area contributed by atoms with Crippen LogP contribution in [-0.2, 0) is 0 Å². The van der Waals surface area contributed by atoms with E-state index in [0.29, 0.717) is 6.10 Å². The second-order valence-corrected chi connectivity index (χ2v) is 6.67. The molecule has 1 saturated carbocycles. The molecule has 0 bridgehead atoms. The number of fused-ring (bicyclic) bond motifs is 1. The van der Waals surface area contributed by atoms with Crippen LogP contribution in [0.3, 0.4) is 0 Å². The van der Waals surface area contributed by atoms with Gasteiger partial charge in [0, 0.05) is 16.2 Å². The van der Waals surface area contributed by atoms with Crippen molar-refractivity contribution in [3.05, 3.63) is 59.7 Å². The van der Waals surface area contributed by atoms with Crippen molar-refractivity contribution < 1.29 is 9.53 Å². The van der Waals surface area contributed by atoms with E-state index in [1.54, 1.807) is 11.8 Å². The monoisotopic (exact) mass is 296 g/mol. The van der Waals surface area contributed by atoms with E-state index in [4.69, 9.17) is 4.74 Å². The van der Waals surface area contributed by atoms with Gasteiger partial charge < -0.3 is 4.74 Å². The summed E-state index contributed by atoms with van der Waals surface area (Å²) in [6.45, 7) is 0. The summed E-state index contributed by atoms with van der Waals surface area (Å²) in [6.07, 6.45) is 2.69. The Kier molecular flexibility index (Phi) is 3.23. The molecule has 3 heteroatoms. The predicted octanol–water partition coefficient (Wildman–Crippen LogP) is 4.30. The molecular formula is C18H16O2S. The molecule has 4 rings (SSSR count). The number of Topliss-reactive ketones (excluding diaryl/α,β-unsaturated/α-hetero) is 1. The summed E-state index contributed by atoms with van der Waals surface area (Å²) in [7, 11) is 0. The molecule has 1 aliphatic heterocycles. The predicted molar refractivity (Wildman–Crippen MR) is 84.3 cm³/mol. The van der Waals surface area contributed by atoms with Crippen molar-refractivity contribution in [2.24, 2.45) is 0 Å². The zero-order valence-electron chi connectivity index (χ0n) is 11.6. The third-order valence-electron chi connectivity index (χ3n) is 3.98. The first kappa shape index (κ1) is 13.0. The van der Waals surface area contributed by atoms with E-state index in [-0.39, 0.29) is 11.7 Å². The first-order chi connectivity index (χ1) is 10.3. The van der Waals surface area contributed by atoms with Gasteiger partial charge in [-0.1, -0.05) is 18.2 Å². The molecule has 0 N–H and O–H groups in total. The lowest BCUT2D eigenvalue weighted by atomic mass is 9.92. The van der Waals surface area contributed by atoms with E-state index in [1.807, 2.05) is 36.4 Å². The number of ether oxygens (including phenoxy) is 1. The molecule has 0 saturated heterocycles. The Morgan fingerprint density at radius 3 is 2.57 bits per heavy atom. The molecule has 1 aliphatic carbocycles. The lowest BCUT2D eigenvalue weighted by Crippen LogP contribution is -2.12. The van der Waals surface area contributed by atoms with E-state index < -0.39 is 0 Å². The molecule has 1 unspecified atom stereocenters. The topological polar surface area (TPSA) is 26.3 Å². The average molecular weight is 296 g/mol. The number of hydrogen-bond donors (Lipinski definition) is 0. The average Bonchev–Trinajstić information content (AvgIpc) is 3.23. The van der Waals surface area contributed by atoms with E-state index >= 15 is 0 Å². The standard InChI is InChI=1S/C18H16O2S/c19-18(16-11-21-17-4-2-1-3-15(16)17)12-5-7-13(8-6-12)20-14-9-10-14/h1-8,14,16H,9-11H2. The van der Waals surface area contributed by atoms with Crippen LogP contribution >= 0.6 is 11.8 Å². The maximum atomic E-state index is 12.7. The number of carbonyl (C=O) groups excluding carboxylic acids is 1. The molecule has 0 radical (unpaired) electrons. The van der Waals surface area contributed by atoms with Crippen molar-refractivity contribution in [1.82, 2.24) is 0 Å². The van der Waals surface area contributed by atoms with Crippen LogP contribution in [0.25, 0.3) is 0 Å². The highest BCUT2D eigenvalue weighted by Gasteiger charge is 2.29. The number of ketones is 1. The largest absolute Gasteiger partial charge is 0.490 e. The first-order valence-corrected chi connectivity index (χ1v) is 8.32. The van der Waals surface area contributed by atoms with Crippen LogP contribution in [0.15, 0.2) is 53.4 Å². The van der Waals surface area contributed by atoms with Gasteiger partial charge in [-0.05, 0) is 48.7 Å². The van der Waals surface area contributed by atoms with Crippen molar-refractivity contribution >= 4 is 17.5 Å². The second-order valence-electron chi connectivity index (χ2n) is 5.61. The third kappa shape index (κ3) is 2.58. The summed E-state index contributed by atoms with van der Waals surface area (Å²) < 4.78 is 5.73. The molecule has 21 heavy (non-hydrogen) atoms. The summed E-state index contributed by atoms with van der Waals surface area (Å²) in [4.78, 5) is 13.9. The summed E-state index contributed by atoms with van der Waals surface area (Å²) in [5.41, 5.74) is 1.95. The van der Waals surface area contributed by atoms with Crippen LogP contribution < -0.4 is 4.74 Å². The van der Waals surface area contributed by atoms with Gasteiger partial charge in [-0.3, -0.25) is 4.79 Å². The van der Waals surface area contributed by atoms with Gasteiger partial charge >= 0.3 is 0 Å². The highest BCUT2D eigenvalue weighted by atomic mass is 32.2. The third-order valence-corrected chi connectivity index (χ3v) is 5.17. The zero-order chi connectivity index (χ0) is 14.2. The van der Waals surface area contributed by atoms with E-state index in [2.05, 4.69) is 12.1 Å². The van der Waals surface area contributed by atoms with E-state index in [9.17, 15) is 4.79 Å². The Hall–Kier alpha value is -1.74. The SMILES string of the molecule is O=C(c1ccc(OC2CC2)cc1)C1CSc2ccccc21. The molecule has 106 valence electrons. The summed E-state index contributed by atoms with van der Waals surface area (Å²) in [5, 5.41) is 0.